The van der Waals surface area contributed by atoms with Gasteiger partial charge in [0.1, 0.15) is 17.5 Å². The number of nitrogens with zero attached hydrogens (tertiary/aromatic N) is 3. The molecule has 0 aliphatic carbocycles. The second-order valence-corrected chi connectivity index (χ2v) is 6.56. The molecule has 0 aliphatic rings. The molecule has 156 valence electrons. The lowest BCUT2D eigenvalue weighted by Gasteiger charge is -2.13. The SMILES string of the molecule is CN=C(NCCCn1c(C)nc2ccccc21)NCCc1ccc(F)cc1F.I. The third-order valence-electron chi connectivity index (χ3n) is 4.62. The van der Waals surface area contributed by atoms with Crippen LogP contribution in [0.15, 0.2) is 47.5 Å². The van der Waals surface area contributed by atoms with Crippen LogP contribution in [0.5, 0.6) is 0 Å². The Morgan fingerprint density at radius 2 is 1.86 bits per heavy atom. The highest BCUT2D eigenvalue weighted by molar-refractivity contribution is 14.0. The van der Waals surface area contributed by atoms with E-state index >= 15 is 0 Å². The van der Waals surface area contributed by atoms with Gasteiger partial charge in [-0.3, -0.25) is 4.99 Å². The number of aromatic nitrogens is 2. The van der Waals surface area contributed by atoms with E-state index in [2.05, 4.69) is 31.2 Å². The highest BCUT2D eigenvalue weighted by atomic mass is 127. The number of hydrogen-bond acceptors (Lipinski definition) is 2. The first-order valence-corrected chi connectivity index (χ1v) is 9.39. The summed E-state index contributed by atoms with van der Waals surface area (Å²) in [4.78, 5) is 8.76. The summed E-state index contributed by atoms with van der Waals surface area (Å²) >= 11 is 0. The van der Waals surface area contributed by atoms with Gasteiger partial charge in [-0.05, 0) is 43.5 Å². The number of guanidine groups is 1. The summed E-state index contributed by atoms with van der Waals surface area (Å²) in [5.41, 5.74) is 2.63. The second kappa shape index (κ2) is 11.1. The van der Waals surface area contributed by atoms with Crippen LogP contribution in [0.3, 0.4) is 0 Å². The van der Waals surface area contributed by atoms with Gasteiger partial charge >= 0.3 is 0 Å². The minimum Gasteiger partial charge on any atom is -0.356 e. The third-order valence-corrected chi connectivity index (χ3v) is 4.62. The second-order valence-electron chi connectivity index (χ2n) is 6.56. The van der Waals surface area contributed by atoms with Crippen molar-refractivity contribution in [1.29, 1.82) is 0 Å². The number of hydrogen-bond donors (Lipinski definition) is 2. The molecular weight excluding hydrogens is 487 g/mol. The highest BCUT2D eigenvalue weighted by Gasteiger charge is 2.07. The van der Waals surface area contributed by atoms with Crippen molar-refractivity contribution in [3.63, 3.8) is 0 Å². The molecule has 0 unspecified atom stereocenters. The van der Waals surface area contributed by atoms with E-state index in [0.717, 1.165) is 42.4 Å². The molecule has 0 amide bonds. The molecule has 0 radical (unpaired) electrons. The highest BCUT2D eigenvalue weighted by Crippen LogP contribution is 2.15. The van der Waals surface area contributed by atoms with Crippen molar-refractivity contribution in [2.45, 2.75) is 26.3 Å². The van der Waals surface area contributed by atoms with Gasteiger partial charge in [-0.25, -0.2) is 13.8 Å². The molecule has 8 heteroatoms. The third kappa shape index (κ3) is 6.12. The maximum Gasteiger partial charge on any atom is 0.190 e. The lowest BCUT2D eigenvalue weighted by atomic mass is 10.1. The van der Waals surface area contributed by atoms with Gasteiger partial charge in [-0.1, -0.05) is 18.2 Å². The Hall–Kier alpha value is -2.23. The molecule has 0 atom stereocenters. The van der Waals surface area contributed by atoms with Crippen LogP contribution in [0.1, 0.15) is 17.8 Å². The summed E-state index contributed by atoms with van der Waals surface area (Å²) < 4.78 is 28.8. The molecule has 0 saturated carbocycles. The smallest absolute Gasteiger partial charge is 0.190 e. The number of aryl methyl sites for hydroxylation is 2. The lowest BCUT2D eigenvalue weighted by Crippen LogP contribution is -2.39. The van der Waals surface area contributed by atoms with Gasteiger partial charge in [-0.15, -0.1) is 24.0 Å². The number of nitrogens with one attached hydrogen (secondary N) is 2. The van der Waals surface area contributed by atoms with Crippen molar-refractivity contribution < 1.29 is 8.78 Å². The Balaban J connectivity index is 0.00000300. The maximum absolute atomic E-state index is 13.7. The minimum atomic E-state index is -0.562. The van der Waals surface area contributed by atoms with Crippen LogP contribution >= 0.6 is 24.0 Å². The summed E-state index contributed by atoms with van der Waals surface area (Å²) in [6.07, 6.45) is 1.36. The molecule has 0 bridgehead atoms. The van der Waals surface area contributed by atoms with E-state index in [-0.39, 0.29) is 24.0 Å². The first-order chi connectivity index (χ1) is 13.6. The summed E-state index contributed by atoms with van der Waals surface area (Å²) in [5.74, 6) is 0.583. The van der Waals surface area contributed by atoms with Crippen LogP contribution in [0, 0.1) is 18.6 Å². The predicted molar refractivity (Wildman–Crippen MR) is 124 cm³/mol. The molecule has 29 heavy (non-hydrogen) atoms. The first-order valence-electron chi connectivity index (χ1n) is 9.39. The number of rotatable bonds is 7. The number of fused-ring (bicyclic) bond motifs is 1. The summed E-state index contributed by atoms with van der Waals surface area (Å²) in [5, 5.41) is 6.41. The van der Waals surface area contributed by atoms with Crippen molar-refractivity contribution >= 4 is 41.0 Å². The monoisotopic (exact) mass is 513 g/mol. The zero-order valence-electron chi connectivity index (χ0n) is 16.6. The quantitative estimate of drug-likeness (QED) is 0.217. The minimum absolute atomic E-state index is 0. The number of para-hydroxylation sites is 2. The van der Waals surface area contributed by atoms with E-state index in [9.17, 15) is 8.78 Å². The largest absolute Gasteiger partial charge is 0.356 e. The average molecular weight is 513 g/mol. The van der Waals surface area contributed by atoms with E-state index in [1.165, 1.54) is 12.1 Å². The maximum atomic E-state index is 13.7. The van der Waals surface area contributed by atoms with Crippen LogP contribution in [-0.4, -0.2) is 35.6 Å². The van der Waals surface area contributed by atoms with Crippen LogP contribution in [0.2, 0.25) is 0 Å². The van der Waals surface area contributed by atoms with Gasteiger partial charge in [0.25, 0.3) is 0 Å². The van der Waals surface area contributed by atoms with E-state index in [4.69, 9.17) is 0 Å². The molecule has 2 aromatic carbocycles. The fourth-order valence-corrected chi connectivity index (χ4v) is 3.18. The summed E-state index contributed by atoms with van der Waals surface area (Å²) in [6, 6.07) is 11.8. The van der Waals surface area contributed by atoms with E-state index in [0.29, 0.717) is 24.5 Å². The molecule has 2 N–H and O–H groups in total. The van der Waals surface area contributed by atoms with Crippen molar-refractivity contribution in [1.82, 2.24) is 20.2 Å². The standard InChI is InChI=1S/C21H25F2N5.HI/c1-15-27-19-6-3-4-7-20(19)28(15)13-5-11-25-21(24-2)26-12-10-16-8-9-17(22)14-18(16)23;/h3-4,6-9,14H,5,10-13H2,1-2H3,(H2,24,25,26);1H. The Morgan fingerprint density at radius 1 is 1.10 bits per heavy atom. The first kappa shape index (κ1) is 23.1. The van der Waals surface area contributed by atoms with Crippen molar-refractivity contribution in [3.05, 3.63) is 65.5 Å². The Morgan fingerprint density at radius 3 is 2.62 bits per heavy atom. The van der Waals surface area contributed by atoms with E-state index in [1.807, 2.05) is 25.1 Å². The van der Waals surface area contributed by atoms with Gasteiger partial charge in [0, 0.05) is 32.7 Å². The zero-order chi connectivity index (χ0) is 19.9. The van der Waals surface area contributed by atoms with Crippen molar-refractivity contribution in [3.8, 4) is 0 Å². The molecule has 0 aliphatic heterocycles. The molecule has 0 fully saturated rings. The summed E-state index contributed by atoms with van der Waals surface area (Å²) in [7, 11) is 1.70. The number of benzene rings is 2. The predicted octanol–water partition coefficient (Wildman–Crippen LogP) is 4.04. The summed E-state index contributed by atoms with van der Waals surface area (Å²) in [6.45, 7) is 4.13. The van der Waals surface area contributed by atoms with Crippen LogP contribution in [0.4, 0.5) is 8.78 Å². The van der Waals surface area contributed by atoms with Crippen molar-refractivity contribution in [2.75, 3.05) is 20.1 Å². The molecule has 3 rings (SSSR count). The van der Waals surface area contributed by atoms with Crippen LogP contribution < -0.4 is 10.6 Å². The number of imidazole rings is 1. The Kier molecular flexibility index (Phi) is 8.81. The topological polar surface area (TPSA) is 54.2 Å². The van der Waals surface area contributed by atoms with E-state index in [1.54, 1.807) is 7.05 Å². The number of aliphatic imine (C=N–C) groups is 1. The van der Waals surface area contributed by atoms with Gasteiger partial charge < -0.3 is 15.2 Å². The van der Waals surface area contributed by atoms with Gasteiger partial charge in [0.2, 0.25) is 0 Å². The molecule has 1 heterocycles. The Bertz CT molecular complexity index is 971. The Labute approximate surface area is 186 Å². The average Bonchev–Trinajstić information content (AvgIpc) is 3.00. The normalized spacial score (nSPS) is 11.4. The number of halogens is 3. The molecule has 0 saturated heterocycles. The fourth-order valence-electron chi connectivity index (χ4n) is 3.18. The molecule has 0 spiro atoms. The van der Waals surface area contributed by atoms with Gasteiger partial charge in [0.15, 0.2) is 5.96 Å². The lowest BCUT2D eigenvalue weighted by molar-refractivity contribution is 0.570. The molecule has 3 aromatic rings. The van der Waals surface area contributed by atoms with Gasteiger partial charge in [0.05, 0.1) is 11.0 Å². The van der Waals surface area contributed by atoms with Crippen LogP contribution in [-0.2, 0) is 13.0 Å². The molecule has 1 aromatic heterocycles. The van der Waals surface area contributed by atoms with Gasteiger partial charge in [-0.2, -0.15) is 0 Å². The van der Waals surface area contributed by atoms with Crippen molar-refractivity contribution in [2.24, 2.45) is 4.99 Å². The van der Waals surface area contributed by atoms with E-state index < -0.39 is 11.6 Å². The molecular formula is C21H26F2IN5. The van der Waals surface area contributed by atoms with Crippen LogP contribution in [0.25, 0.3) is 11.0 Å². The zero-order valence-corrected chi connectivity index (χ0v) is 18.9. The molecule has 5 nitrogen and oxygen atoms in total. The fraction of sp³-hybridized carbons (Fsp3) is 0.333.